The summed E-state index contributed by atoms with van der Waals surface area (Å²) in [5, 5.41) is 3.36. The van der Waals surface area contributed by atoms with E-state index < -0.39 is 0 Å². The molecule has 0 aromatic heterocycles. The maximum Gasteiger partial charge on any atom is 0.222 e. The summed E-state index contributed by atoms with van der Waals surface area (Å²) in [4.78, 5) is 11.7. The monoisotopic (exact) mass is 229 g/mol. The van der Waals surface area contributed by atoms with Crippen molar-refractivity contribution in [3.8, 4) is 0 Å². The SMILES string of the molecule is NC(=O)C1[CH]c2ccccc2C12CCNCC2. The Kier molecular flexibility index (Phi) is 2.44. The van der Waals surface area contributed by atoms with Crippen molar-refractivity contribution in [3.05, 3.63) is 41.8 Å². The van der Waals surface area contributed by atoms with Gasteiger partial charge in [-0.25, -0.2) is 0 Å². The summed E-state index contributed by atoms with van der Waals surface area (Å²) >= 11 is 0. The van der Waals surface area contributed by atoms with Crippen LogP contribution in [0.5, 0.6) is 0 Å². The maximum absolute atomic E-state index is 11.7. The van der Waals surface area contributed by atoms with Crippen LogP contribution in [-0.2, 0) is 10.2 Å². The fraction of sp³-hybridized carbons (Fsp3) is 0.429. The van der Waals surface area contributed by atoms with Crippen LogP contribution in [-0.4, -0.2) is 19.0 Å². The van der Waals surface area contributed by atoms with Gasteiger partial charge in [0.05, 0.1) is 5.92 Å². The highest BCUT2D eigenvalue weighted by Gasteiger charge is 2.49. The number of hydrogen-bond donors (Lipinski definition) is 2. The molecular weight excluding hydrogens is 212 g/mol. The Balaban J connectivity index is 2.10. The van der Waals surface area contributed by atoms with Crippen LogP contribution in [0.25, 0.3) is 0 Å². The number of rotatable bonds is 1. The number of nitrogens with two attached hydrogens (primary N) is 1. The maximum atomic E-state index is 11.7. The van der Waals surface area contributed by atoms with E-state index in [9.17, 15) is 4.79 Å². The van der Waals surface area contributed by atoms with Crippen LogP contribution in [0.15, 0.2) is 24.3 Å². The van der Waals surface area contributed by atoms with Gasteiger partial charge in [0.15, 0.2) is 0 Å². The van der Waals surface area contributed by atoms with Crippen LogP contribution in [0.4, 0.5) is 0 Å². The van der Waals surface area contributed by atoms with Crippen molar-refractivity contribution in [2.24, 2.45) is 11.7 Å². The Labute approximate surface area is 101 Å². The van der Waals surface area contributed by atoms with Crippen molar-refractivity contribution in [3.63, 3.8) is 0 Å². The molecule has 1 spiro atoms. The molecule has 1 aromatic rings. The minimum absolute atomic E-state index is 0.0479. The summed E-state index contributed by atoms with van der Waals surface area (Å²) in [5.41, 5.74) is 8.05. The summed E-state index contributed by atoms with van der Waals surface area (Å²) in [7, 11) is 0. The highest BCUT2D eigenvalue weighted by molar-refractivity contribution is 5.83. The van der Waals surface area contributed by atoms with Gasteiger partial charge in [-0.15, -0.1) is 0 Å². The third-order valence-corrected chi connectivity index (χ3v) is 4.24. The second kappa shape index (κ2) is 3.84. The molecule has 89 valence electrons. The lowest BCUT2D eigenvalue weighted by atomic mass is 9.68. The van der Waals surface area contributed by atoms with E-state index >= 15 is 0 Å². The third-order valence-electron chi connectivity index (χ3n) is 4.24. The van der Waals surface area contributed by atoms with Crippen LogP contribution in [0.2, 0.25) is 0 Å². The second-order valence-electron chi connectivity index (χ2n) is 5.04. The molecule has 0 bridgehead atoms. The topological polar surface area (TPSA) is 55.1 Å². The first-order chi connectivity index (χ1) is 8.24. The zero-order chi connectivity index (χ0) is 11.9. The van der Waals surface area contributed by atoms with E-state index in [2.05, 4.69) is 29.9 Å². The van der Waals surface area contributed by atoms with Gasteiger partial charge < -0.3 is 11.1 Å². The fourth-order valence-electron chi connectivity index (χ4n) is 3.41. The standard InChI is InChI=1S/C14H17N2O/c15-13(17)12-9-10-3-1-2-4-11(10)14(12)5-7-16-8-6-14/h1-4,9,12,16H,5-8H2,(H2,15,17). The van der Waals surface area contributed by atoms with Gasteiger partial charge in [-0.1, -0.05) is 24.3 Å². The molecule has 1 radical (unpaired) electrons. The highest BCUT2D eigenvalue weighted by Crippen LogP contribution is 2.49. The number of carbonyl (C=O) groups is 1. The van der Waals surface area contributed by atoms with Crippen molar-refractivity contribution in [2.75, 3.05) is 13.1 Å². The van der Waals surface area contributed by atoms with Crippen molar-refractivity contribution in [2.45, 2.75) is 18.3 Å². The molecule has 1 saturated heterocycles. The number of piperidine rings is 1. The van der Waals surface area contributed by atoms with Gasteiger partial charge >= 0.3 is 0 Å². The smallest absolute Gasteiger partial charge is 0.222 e. The van der Waals surface area contributed by atoms with Gasteiger partial charge in [-0.05, 0) is 37.1 Å². The lowest BCUT2D eigenvalue weighted by Crippen LogP contribution is -2.46. The molecule has 1 amide bonds. The minimum Gasteiger partial charge on any atom is -0.369 e. The quantitative estimate of drug-likeness (QED) is 0.754. The zero-order valence-corrected chi connectivity index (χ0v) is 9.78. The van der Waals surface area contributed by atoms with Gasteiger partial charge in [0.2, 0.25) is 5.91 Å². The number of primary amides is 1. The van der Waals surface area contributed by atoms with Crippen molar-refractivity contribution >= 4 is 5.91 Å². The van der Waals surface area contributed by atoms with Crippen LogP contribution < -0.4 is 11.1 Å². The molecule has 2 aliphatic rings. The Morgan fingerprint density at radius 2 is 2.00 bits per heavy atom. The molecule has 1 atom stereocenters. The average molecular weight is 229 g/mol. The summed E-state index contributed by atoms with van der Waals surface area (Å²) in [6, 6.07) is 8.31. The van der Waals surface area contributed by atoms with Crippen LogP contribution >= 0.6 is 0 Å². The second-order valence-corrected chi connectivity index (χ2v) is 5.04. The van der Waals surface area contributed by atoms with Crippen LogP contribution in [0.1, 0.15) is 24.0 Å². The molecule has 3 nitrogen and oxygen atoms in total. The van der Waals surface area contributed by atoms with Crippen molar-refractivity contribution in [1.29, 1.82) is 0 Å². The predicted molar refractivity (Wildman–Crippen MR) is 66.3 cm³/mol. The number of amides is 1. The summed E-state index contributed by atoms with van der Waals surface area (Å²) in [6.45, 7) is 1.93. The molecule has 1 unspecified atom stereocenters. The number of fused-ring (bicyclic) bond motifs is 2. The number of nitrogens with one attached hydrogen (secondary N) is 1. The van der Waals surface area contributed by atoms with Gasteiger partial charge in [0.1, 0.15) is 0 Å². The first-order valence-corrected chi connectivity index (χ1v) is 6.18. The number of benzene rings is 1. The molecule has 1 aliphatic carbocycles. The minimum atomic E-state index is -0.192. The number of hydrogen-bond acceptors (Lipinski definition) is 2. The molecule has 0 saturated carbocycles. The molecule has 3 rings (SSSR count). The summed E-state index contributed by atoms with van der Waals surface area (Å²) in [6.07, 6.45) is 4.05. The molecule has 17 heavy (non-hydrogen) atoms. The van der Waals surface area contributed by atoms with Gasteiger partial charge in [-0.2, -0.15) is 0 Å². The normalized spacial score (nSPS) is 25.8. The fourth-order valence-corrected chi connectivity index (χ4v) is 3.41. The van der Waals surface area contributed by atoms with E-state index in [0.717, 1.165) is 25.9 Å². The Morgan fingerprint density at radius 1 is 1.29 bits per heavy atom. The number of carbonyl (C=O) groups excluding carboxylic acids is 1. The predicted octanol–water partition coefficient (Wildman–Crippen LogP) is 0.975. The van der Waals surface area contributed by atoms with E-state index in [0.29, 0.717) is 0 Å². The third kappa shape index (κ3) is 1.49. The first kappa shape index (κ1) is 10.8. The van der Waals surface area contributed by atoms with Crippen molar-refractivity contribution in [1.82, 2.24) is 5.32 Å². The molecule has 3 N–H and O–H groups in total. The van der Waals surface area contributed by atoms with E-state index in [-0.39, 0.29) is 17.2 Å². The van der Waals surface area contributed by atoms with Crippen LogP contribution in [0, 0.1) is 12.3 Å². The molecule has 1 aromatic carbocycles. The van der Waals surface area contributed by atoms with Gasteiger partial charge in [0, 0.05) is 11.8 Å². The molecule has 1 fully saturated rings. The molecular formula is C14H17N2O. The van der Waals surface area contributed by atoms with Crippen molar-refractivity contribution < 1.29 is 4.79 Å². The Morgan fingerprint density at radius 3 is 2.71 bits per heavy atom. The molecule has 1 heterocycles. The zero-order valence-electron chi connectivity index (χ0n) is 9.78. The summed E-state index contributed by atoms with van der Waals surface area (Å²) < 4.78 is 0. The Hall–Kier alpha value is -1.35. The van der Waals surface area contributed by atoms with E-state index in [1.165, 1.54) is 11.1 Å². The lowest BCUT2D eigenvalue weighted by Gasteiger charge is -2.38. The molecule has 3 heteroatoms. The summed E-state index contributed by atoms with van der Waals surface area (Å²) in [5.74, 6) is -0.329. The molecule has 1 aliphatic heterocycles. The van der Waals surface area contributed by atoms with Crippen LogP contribution in [0.3, 0.4) is 0 Å². The van der Waals surface area contributed by atoms with E-state index in [4.69, 9.17) is 5.73 Å². The average Bonchev–Trinajstić information content (AvgIpc) is 2.66. The van der Waals surface area contributed by atoms with E-state index in [1.807, 2.05) is 6.07 Å². The van der Waals surface area contributed by atoms with Gasteiger partial charge in [-0.3, -0.25) is 4.79 Å². The van der Waals surface area contributed by atoms with E-state index in [1.54, 1.807) is 0 Å². The Bertz CT molecular complexity index is 449. The van der Waals surface area contributed by atoms with Gasteiger partial charge in [0.25, 0.3) is 0 Å². The largest absolute Gasteiger partial charge is 0.369 e. The lowest BCUT2D eigenvalue weighted by molar-refractivity contribution is -0.122. The first-order valence-electron chi connectivity index (χ1n) is 6.18. The highest BCUT2D eigenvalue weighted by atomic mass is 16.1.